The van der Waals surface area contributed by atoms with Gasteiger partial charge >= 0.3 is 0 Å². The SMILES string of the molecule is Cc1sc2ncn(CCC(=O)N(C)C3CCCN(c4ccccc4)C3=O)c(=O)c2c1C. The van der Waals surface area contributed by atoms with Gasteiger partial charge in [-0.2, -0.15) is 0 Å². The molecule has 162 valence electrons. The number of hydrogen-bond donors (Lipinski definition) is 0. The maximum absolute atomic E-state index is 13.1. The van der Waals surface area contributed by atoms with Crippen molar-refractivity contribution in [2.75, 3.05) is 18.5 Å². The molecule has 8 heteroatoms. The van der Waals surface area contributed by atoms with Crippen LogP contribution >= 0.6 is 11.3 Å². The van der Waals surface area contributed by atoms with Crippen molar-refractivity contribution in [3.8, 4) is 0 Å². The third-order valence-electron chi connectivity index (χ3n) is 6.06. The number of thiophene rings is 1. The van der Waals surface area contributed by atoms with Gasteiger partial charge in [0.25, 0.3) is 5.56 Å². The number of amides is 2. The van der Waals surface area contributed by atoms with Crippen molar-refractivity contribution in [1.82, 2.24) is 14.5 Å². The highest BCUT2D eigenvalue weighted by Gasteiger charge is 2.34. The van der Waals surface area contributed by atoms with Crippen molar-refractivity contribution in [3.05, 3.63) is 57.5 Å². The molecule has 0 spiro atoms. The second-order valence-electron chi connectivity index (χ2n) is 7.94. The molecular formula is C23H26N4O3S. The van der Waals surface area contributed by atoms with Crippen LogP contribution in [0.4, 0.5) is 5.69 Å². The summed E-state index contributed by atoms with van der Waals surface area (Å²) in [5, 5.41) is 0.631. The third-order valence-corrected chi connectivity index (χ3v) is 7.18. The standard InChI is InChI=1S/C23H26N4O3S/c1-15-16(2)31-21-20(15)23(30)26(14-24-21)13-11-19(28)25(3)18-10-7-12-27(22(18)29)17-8-5-4-6-9-17/h4-6,8-9,14,18H,7,10-13H2,1-3H3. The Balaban J connectivity index is 1.46. The summed E-state index contributed by atoms with van der Waals surface area (Å²) in [6.07, 6.45) is 3.13. The van der Waals surface area contributed by atoms with Crippen molar-refractivity contribution in [3.63, 3.8) is 0 Å². The molecule has 3 heterocycles. The van der Waals surface area contributed by atoms with E-state index in [2.05, 4.69) is 4.98 Å². The van der Waals surface area contributed by atoms with Gasteiger partial charge in [-0.25, -0.2) is 4.98 Å². The van der Waals surface area contributed by atoms with Crippen molar-refractivity contribution in [2.24, 2.45) is 0 Å². The number of hydrogen-bond acceptors (Lipinski definition) is 5. The van der Waals surface area contributed by atoms with Crippen LogP contribution in [0.15, 0.2) is 41.5 Å². The molecule has 1 atom stereocenters. The van der Waals surface area contributed by atoms with Gasteiger partial charge in [0.15, 0.2) is 0 Å². The fourth-order valence-corrected chi connectivity index (χ4v) is 5.06. The van der Waals surface area contributed by atoms with E-state index in [1.807, 2.05) is 44.2 Å². The summed E-state index contributed by atoms with van der Waals surface area (Å²) < 4.78 is 1.49. The predicted octanol–water partition coefficient (Wildman–Crippen LogP) is 3.12. The van der Waals surface area contributed by atoms with Crippen molar-refractivity contribution < 1.29 is 9.59 Å². The van der Waals surface area contributed by atoms with Gasteiger partial charge in [-0.05, 0) is 44.4 Å². The number of anilines is 1. The zero-order valence-electron chi connectivity index (χ0n) is 18.0. The highest BCUT2D eigenvalue weighted by molar-refractivity contribution is 7.18. The number of para-hydroxylation sites is 1. The molecular weight excluding hydrogens is 412 g/mol. The van der Waals surface area contributed by atoms with Crippen molar-refractivity contribution >= 4 is 39.1 Å². The molecule has 1 aliphatic heterocycles. The van der Waals surface area contributed by atoms with E-state index in [9.17, 15) is 14.4 Å². The molecule has 0 radical (unpaired) electrons. The average molecular weight is 439 g/mol. The van der Waals surface area contributed by atoms with Gasteiger partial charge in [-0.15, -0.1) is 11.3 Å². The van der Waals surface area contributed by atoms with E-state index in [0.29, 0.717) is 18.4 Å². The van der Waals surface area contributed by atoms with E-state index in [1.165, 1.54) is 27.1 Å². The number of aryl methyl sites for hydroxylation is 3. The summed E-state index contributed by atoms with van der Waals surface area (Å²) in [4.78, 5) is 48.3. The highest BCUT2D eigenvalue weighted by atomic mass is 32.1. The molecule has 1 fully saturated rings. The molecule has 1 aliphatic rings. The van der Waals surface area contributed by atoms with E-state index in [1.54, 1.807) is 11.9 Å². The molecule has 3 aromatic rings. The van der Waals surface area contributed by atoms with Gasteiger partial charge in [0.1, 0.15) is 10.9 Å². The number of benzene rings is 1. The summed E-state index contributed by atoms with van der Waals surface area (Å²) in [6, 6.07) is 9.05. The number of piperidine rings is 1. The zero-order valence-corrected chi connectivity index (χ0v) is 18.8. The number of nitrogens with zero attached hydrogens (tertiary/aromatic N) is 4. The summed E-state index contributed by atoms with van der Waals surface area (Å²) in [7, 11) is 1.68. The Kier molecular flexibility index (Phi) is 5.91. The van der Waals surface area contributed by atoms with Gasteiger partial charge in [-0.1, -0.05) is 18.2 Å². The Bertz CT molecular complexity index is 1180. The molecule has 1 unspecified atom stereocenters. The van der Waals surface area contributed by atoms with Crippen LogP contribution in [-0.4, -0.2) is 45.9 Å². The molecule has 0 bridgehead atoms. The lowest BCUT2D eigenvalue weighted by Gasteiger charge is -2.37. The minimum Gasteiger partial charge on any atom is -0.334 e. The molecule has 31 heavy (non-hydrogen) atoms. The molecule has 2 aromatic heterocycles. The lowest BCUT2D eigenvalue weighted by molar-refractivity contribution is -0.139. The quantitative estimate of drug-likeness (QED) is 0.613. The maximum Gasteiger partial charge on any atom is 0.262 e. The number of fused-ring (bicyclic) bond motifs is 1. The molecule has 1 saturated heterocycles. The Morgan fingerprint density at radius 2 is 1.97 bits per heavy atom. The monoisotopic (exact) mass is 438 g/mol. The van der Waals surface area contributed by atoms with E-state index >= 15 is 0 Å². The van der Waals surface area contributed by atoms with E-state index in [4.69, 9.17) is 0 Å². The molecule has 0 saturated carbocycles. The van der Waals surface area contributed by atoms with Crippen molar-refractivity contribution in [1.29, 1.82) is 0 Å². The molecule has 0 aliphatic carbocycles. The van der Waals surface area contributed by atoms with Crippen LogP contribution in [0.1, 0.15) is 29.7 Å². The maximum atomic E-state index is 13.1. The molecule has 7 nitrogen and oxygen atoms in total. The predicted molar refractivity (Wildman–Crippen MR) is 123 cm³/mol. The minimum absolute atomic E-state index is 0.0575. The first-order valence-electron chi connectivity index (χ1n) is 10.5. The van der Waals surface area contributed by atoms with Gasteiger partial charge in [0, 0.05) is 37.1 Å². The Hall–Kier alpha value is -3.00. The summed E-state index contributed by atoms with van der Waals surface area (Å²) in [5.74, 6) is -0.212. The first-order chi connectivity index (χ1) is 14.9. The smallest absolute Gasteiger partial charge is 0.262 e. The van der Waals surface area contributed by atoms with E-state index < -0.39 is 6.04 Å². The number of carbonyl (C=O) groups is 2. The van der Waals surface area contributed by atoms with Crippen LogP contribution in [0.25, 0.3) is 10.2 Å². The zero-order chi connectivity index (χ0) is 22.1. The topological polar surface area (TPSA) is 75.5 Å². The first kappa shape index (κ1) is 21.2. The number of rotatable bonds is 5. The van der Waals surface area contributed by atoms with Crippen LogP contribution in [0.5, 0.6) is 0 Å². The highest BCUT2D eigenvalue weighted by Crippen LogP contribution is 2.26. The van der Waals surface area contributed by atoms with Gasteiger partial charge < -0.3 is 9.80 Å². The average Bonchev–Trinajstić information content (AvgIpc) is 3.07. The molecule has 2 amide bonds. The van der Waals surface area contributed by atoms with Crippen LogP contribution in [0, 0.1) is 13.8 Å². The Morgan fingerprint density at radius 3 is 2.71 bits per heavy atom. The summed E-state index contributed by atoms with van der Waals surface area (Å²) in [6.45, 7) is 4.79. The van der Waals surface area contributed by atoms with E-state index in [0.717, 1.165) is 27.4 Å². The lowest BCUT2D eigenvalue weighted by Crippen LogP contribution is -2.53. The molecule has 0 N–H and O–H groups in total. The normalized spacial score (nSPS) is 16.7. The van der Waals surface area contributed by atoms with Crippen LogP contribution in [-0.2, 0) is 16.1 Å². The molecule has 4 rings (SSSR count). The van der Waals surface area contributed by atoms with Crippen molar-refractivity contribution in [2.45, 2.75) is 45.7 Å². The first-order valence-corrected chi connectivity index (χ1v) is 11.3. The van der Waals surface area contributed by atoms with Crippen LogP contribution < -0.4 is 10.5 Å². The van der Waals surface area contributed by atoms with Gasteiger partial charge in [-0.3, -0.25) is 19.0 Å². The minimum atomic E-state index is -0.486. The van der Waals surface area contributed by atoms with E-state index in [-0.39, 0.29) is 30.3 Å². The Morgan fingerprint density at radius 1 is 1.23 bits per heavy atom. The number of likely N-dealkylation sites (N-methyl/N-ethyl adjacent to an activating group) is 1. The third kappa shape index (κ3) is 3.99. The Labute approximate surface area is 184 Å². The number of aromatic nitrogens is 2. The fraction of sp³-hybridized carbons (Fsp3) is 0.391. The lowest BCUT2D eigenvalue weighted by atomic mass is 10.0. The number of carbonyl (C=O) groups excluding carboxylic acids is 2. The molecule has 1 aromatic carbocycles. The fourth-order valence-electron chi connectivity index (χ4n) is 4.08. The summed E-state index contributed by atoms with van der Waals surface area (Å²) in [5.41, 5.74) is 1.68. The van der Waals surface area contributed by atoms with Gasteiger partial charge in [0.2, 0.25) is 11.8 Å². The van der Waals surface area contributed by atoms with Gasteiger partial charge in [0.05, 0.1) is 11.7 Å². The largest absolute Gasteiger partial charge is 0.334 e. The van der Waals surface area contributed by atoms with Crippen LogP contribution in [0.2, 0.25) is 0 Å². The summed E-state index contributed by atoms with van der Waals surface area (Å²) >= 11 is 1.51. The van der Waals surface area contributed by atoms with Crippen LogP contribution in [0.3, 0.4) is 0 Å². The second-order valence-corrected chi connectivity index (χ2v) is 9.15. The second kappa shape index (κ2) is 8.63.